The SMILES string of the molecule is CCCS(=O)(=O)NC(=O)C1=C2Cn3c(cc4c(OC)ccc(C5CCCCC5)c43)C3C(=C21)C=CC[C@H]3C(=O)N1C2CCCC1CN(C)C2. The van der Waals surface area contributed by atoms with Crippen LogP contribution in [0.1, 0.15) is 94.2 Å². The number of carbonyl (C=O) groups is 2. The van der Waals surface area contributed by atoms with Gasteiger partial charge in [0.2, 0.25) is 15.9 Å². The van der Waals surface area contributed by atoms with Gasteiger partial charge in [-0.15, -0.1) is 0 Å². The summed E-state index contributed by atoms with van der Waals surface area (Å²) in [5.74, 6) is 0.226. The number of likely N-dealkylation sites (tertiary alicyclic amines) is 1. The maximum absolute atomic E-state index is 14.9. The zero-order valence-electron chi connectivity index (χ0n) is 28.5. The maximum atomic E-state index is 14.9. The van der Waals surface area contributed by atoms with Crippen molar-refractivity contribution in [3.8, 4) is 5.75 Å². The van der Waals surface area contributed by atoms with E-state index < -0.39 is 15.9 Å². The van der Waals surface area contributed by atoms with Gasteiger partial charge in [0, 0.05) is 48.7 Å². The molecule has 2 saturated heterocycles. The Bertz CT molecular complexity index is 1870. The second-order valence-corrected chi connectivity index (χ2v) is 16.8. The number of amides is 2. The Labute approximate surface area is 284 Å². The van der Waals surface area contributed by atoms with Crippen LogP contribution in [0.3, 0.4) is 0 Å². The molecule has 3 unspecified atom stereocenters. The Kier molecular flexibility index (Phi) is 8.10. The summed E-state index contributed by atoms with van der Waals surface area (Å²) in [7, 11) is 0.128. The number of methoxy groups -OCH3 is 1. The van der Waals surface area contributed by atoms with E-state index in [2.05, 4.69) is 56.5 Å². The summed E-state index contributed by atoms with van der Waals surface area (Å²) in [6.07, 6.45) is 14.4. The summed E-state index contributed by atoms with van der Waals surface area (Å²) < 4.78 is 36.1. The number of likely N-dealkylation sites (N-methyl/N-ethyl adjacent to an activating group) is 1. The van der Waals surface area contributed by atoms with Gasteiger partial charge in [-0.2, -0.15) is 0 Å². The Hall–Kier alpha value is -3.37. The molecule has 256 valence electrons. The second kappa shape index (κ2) is 12.2. The first-order valence-electron chi connectivity index (χ1n) is 18.1. The topological polar surface area (TPSA) is 101 Å². The van der Waals surface area contributed by atoms with Crippen molar-refractivity contribution >= 4 is 32.7 Å². The van der Waals surface area contributed by atoms with Crippen molar-refractivity contribution in [2.45, 2.75) is 102 Å². The molecule has 1 aromatic carbocycles. The molecule has 0 spiro atoms. The van der Waals surface area contributed by atoms with Crippen molar-refractivity contribution in [2.24, 2.45) is 5.92 Å². The molecule has 6 aliphatic rings. The molecule has 4 heterocycles. The lowest BCUT2D eigenvalue weighted by Crippen LogP contribution is -2.63. The average molecular weight is 673 g/mol. The van der Waals surface area contributed by atoms with Crippen LogP contribution in [0, 0.1) is 5.92 Å². The van der Waals surface area contributed by atoms with E-state index in [9.17, 15) is 18.0 Å². The number of piperidine rings is 1. The fourth-order valence-electron chi connectivity index (χ4n) is 9.89. The van der Waals surface area contributed by atoms with E-state index in [4.69, 9.17) is 4.74 Å². The van der Waals surface area contributed by atoms with Crippen LogP contribution < -0.4 is 9.46 Å². The van der Waals surface area contributed by atoms with Crippen molar-refractivity contribution in [1.82, 2.24) is 19.1 Å². The highest BCUT2D eigenvalue weighted by Crippen LogP contribution is 2.55. The minimum Gasteiger partial charge on any atom is -0.496 e. The fourth-order valence-corrected chi connectivity index (χ4v) is 10.9. The van der Waals surface area contributed by atoms with Crippen LogP contribution in [0.2, 0.25) is 0 Å². The number of sulfonamides is 1. The number of rotatable bonds is 7. The third-order valence-electron chi connectivity index (χ3n) is 11.9. The Morgan fingerprint density at radius 2 is 1.77 bits per heavy atom. The van der Waals surface area contributed by atoms with Crippen molar-refractivity contribution in [3.05, 3.63) is 63.9 Å². The molecule has 2 bridgehead atoms. The molecule has 3 aliphatic carbocycles. The molecule has 2 amide bonds. The highest BCUT2D eigenvalue weighted by atomic mass is 32.2. The molecule has 48 heavy (non-hydrogen) atoms. The number of piperazine rings is 1. The Balaban J connectivity index is 1.29. The standard InChI is InChI=1S/C38H48N4O5S/c1-4-18-48(45,46)39-37(43)35-30-22-41-31(19-29-32(47-3)17-16-26(36(29)41)23-10-6-5-7-11-23)33-27(34(30)35)14-9-15-28(33)38(44)42-24-12-8-13-25(42)21-40(2)20-24/h9,14,16-17,19,23-25,28,33H,4-8,10-13,15,18,20-22H2,1-3H3,(H,39,43)/t24?,25?,28-,33?/m1/s1. The summed E-state index contributed by atoms with van der Waals surface area (Å²) in [4.78, 5) is 33.2. The van der Waals surface area contributed by atoms with E-state index in [0.717, 1.165) is 84.3 Å². The number of fused-ring (bicyclic) bond motifs is 8. The number of nitrogens with one attached hydrogen (secondary N) is 1. The summed E-state index contributed by atoms with van der Waals surface area (Å²) >= 11 is 0. The number of hydrogen-bond donors (Lipinski definition) is 1. The van der Waals surface area contributed by atoms with E-state index in [-0.39, 0.29) is 35.6 Å². The normalized spacial score (nSPS) is 27.4. The second-order valence-electron chi connectivity index (χ2n) is 15.0. The monoisotopic (exact) mass is 672 g/mol. The molecule has 1 N–H and O–H groups in total. The third-order valence-corrected chi connectivity index (χ3v) is 13.4. The van der Waals surface area contributed by atoms with Crippen LogP contribution in [-0.2, 0) is 26.2 Å². The third kappa shape index (κ3) is 5.25. The highest BCUT2D eigenvalue weighted by molar-refractivity contribution is 7.90. The quantitative estimate of drug-likeness (QED) is 0.416. The lowest BCUT2D eigenvalue weighted by Gasteiger charge is -2.51. The maximum Gasteiger partial charge on any atom is 0.265 e. The molecular weight excluding hydrogens is 625 g/mol. The van der Waals surface area contributed by atoms with Crippen LogP contribution in [-0.4, -0.2) is 79.7 Å². The molecule has 4 atom stereocenters. The first-order valence-corrected chi connectivity index (χ1v) is 19.8. The van der Waals surface area contributed by atoms with Crippen LogP contribution in [0.5, 0.6) is 5.75 Å². The number of hydrogen-bond acceptors (Lipinski definition) is 6. The fraction of sp³-hybridized carbons (Fsp3) is 0.579. The largest absolute Gasteiger partial charge is 0.496 e. The Morgan fingerprint density at radius 1 is 1.02 bits per heavy atom. The molecule has 2 aromatic rings. The van der Waals surface area contributed by atoms with Gasteiger partial charge in [0.05, 0.1) is 29.9 Å². The van der Waals surface area contributed by atoms with Crippen molar-refractivity contribution in [3.63, 3.8) is 0 Å². The molecule has 8 rings (SSSR count). The zero-order valence-corrected chi connectivity index (χ0v) is 29.3. The summed E-state index contributed by atoms with van der Waals surface area (Å²) in [5, 5.41) is 1.05. The van der Waals surface area contributed by atoms with E-state index >= 15 is 0 Å². The molecule has 1 aromatic heterocycles. The number of benzene rings is 1. The van der Waals surface area contributed by atoms with Gasteiger partial charge in [0.1, 0.15) is 5.75 Å². The zero-order chi connectivity index (χ0) is 33.3. The number of allylic oxidation sites excluding steroid dienone is 4. The van der Waals surface area contributed by atoms with E-state index in [1.54, 1.807) is 14.0 Å². The average Bonchev–Trinajstić information content (AvgIpc) is 3.69. The first-order chi connectivity index (χ1) is 23.2. The smallest absolute Gasteiger partial charge is 0.265 e. The van der Waals surface area contributed by atoms with Gasteiger partial charge < -0.3 is 19.1 Å². The predicted octanol–water partition coefficient (Wildman–Crippen LogP) is 5.53. The minimum absolute atomic E-state index is 0.101. The molecular formula is C38H48N4O5S. The van der Waals surface area contributed by atoms with Crippen LogP contribution in [0.4, 0.5) is 0 Å². The summed E-state index contributed by atoms with van der Waals surface area (Å²) in [6.45, 7) is 4.05. The molecule has 10 heteroatoms. The number of carbonyl (C=O) groups excluding carboxylic acids is 2. The first kappa shape index (κ1) is 31.9. The van der Waals surface area contributed by atoms with Gasteiger partial charge in [0.25, 0.3) is 5.91 Å². The molecule has 0 radical (unpaired) electrons. The van der Waals surface area contributed by atoms with E-state index in [1.807, 2.05) is 0 Å². The lowest BCUT2D eigenvalue weighted by atomic mass is 9.75. The Morgan fingerprint density at radius 3 is 2.48 bits per heavy atom. The predicted molar refractivity (Wildman–Crippen MR) is 186 cm³/mol. The molecule has 9 nitrogen and oxygen atoms in total. The van der Waals surface area contributed by atoms with Crippen molar-refractivity contribution in [1.29, 1.82) is 0 Å². The van der Waals surface area contributed by atoms with Crippen molar-refractivity contribution < 1.29 is 22.7 Å². The molecule has 3 fully saturated rings. The van der Waals surface area contributed by atoms with E-state index in [1.165, 1.54) is 24.8 Å². The summed E-state index contributed by atoms with van der Waals surface area (Å²) in [6, 6.07) is 7.01. The van der Waals surface area contributed by atoms with Gasteiger partial charge in [-0.1, -0.05) is 44.4 Å². The van der Waals surface area contributed by atoms with Gasteiger partial charge >= 0.3 is 0 Å². The number of ether oxygens (including phenoxy) is 1. The van der Waals surface area contributed by atoms with Gasteiger partial charge in [-0.05, 0) is 92.3 Å². The van der Waals surface area contributed by atoms with E-state index in [0.29, 0.717) is 30.9 Å². The molecule has 3 aliphatic heterocycles. The van der Waals surface area contributed by atoms with Crippen LogP contribution in [0.15, 0.2) is 52.6 Å². The van der Waals surface area contributed by atoms with Gasteiger partial charge in [-0.25, -0.2) is 13.1 Å². The number of nitrogens with zero attached hydrogens (tertiary/aromatic N) is 3. The lowest BCUT2D eigenvalue weighted by molar-refractivity contribution is -0.147. The van der Waals surface area contributed by atoms with Gasteiger partial charge in [-0.3, -0.25) is 9.59 Å². The highest BCUT2D eigenvalue weighted by Gasteiger charge is 2.50. The van der Waals surface area contributed by atoms with Crippen molar-refractivity contribution in [2.75, 3.05) is 33.0 Å². The van der Waals surface area contributed by atoms with Crippen LogP contribution in [0.25, 0.3) is 10.9 Å². The number of aromatic nitrogens is 1. The molecule has 1 saturated carbocycles. The summed E-state index contributed by atoms with van der Waals surface area (Å²) in [5.41, 5.74) is 6.69. The van der Waals surface area contributed by atoms with Crippen LogP contribution >= 0.6 is 0 Å². The van der Waals surface area contributed by atoms with Gasteiger partial charge in [0.15, 0.2) is 0 Å². The minimum atomic E-state index is -3.75.